The number of nitrogens with zero attached hydrogens (tertiary/aromatic N) is 2. The van der Waals surface area contributed by atoms with Crippen LogP contribution in [-0.2, 0) is 23.1 Å². The minimum Gasteiger partial charge on any atom is -0.296 e. The molecule has 1 fully saturated rings. The molecule has 21 heavy (non-hydrogen) atoms. The van der Waals surface area contributed by atoms with Crippen LogP contribution < -0.4 is 5.32 Å². The van der Waals surface area contributed by atoms with Crippen molar-refractivity contribution >= 4 is 22.7 Å². The lowest BCUT2D eigenvalue weighted by molar-refractivity contribution is -0.134. The van der Waals surface area contributed by atoms with Crippen molar-refractivity contribution in [2.24, 2.45) is 7.05 Å². The zero-order valence-electron chi connectivity index (χ0n) is 11.9. The van der Waals surface area contributed by atoms with Crippen LogP contribution in [0.25, 0.3) is 10.9 Å². The zero-order valence-corrected chi connectivity index (χ0v) is 11.9. The first kappa shape index (κ1) is 13.7. The molecule has 0 spiro atoms. The minimum atomic E-state index is -0.457. The maximum atomic E-state index is 13.9. The van der Waals surface area contributed by atoms with Gasteiger partial charge in [-0.1, -0.05) is 6.92 Å². The first-order valence-electron chi connectivity index (χ1n) is 7.00. The Morgan fingerprint density at radius 1 is 1.43 bits per heavy atom. The number of amides is 2. The number of fused-ring (bicyclic) bond motifs is 1. The highest BCUT2D eigenvalue weighted by molar-refractivity contribution is 6.02. The molecule has 0 saturated carbocycles. The van der Waals surface area contributed by atoms with Crippen LogP contribution in [0.15, 0.2) is 12.1 Å². The summed E-state index contributed by atoms with van der Waals surface area (Å²) < 4.78 is 15.5. The Kier molecular flexibility index (Phi) is 3.23. The third-order valence-corrected chi connectivity index (χ3v) is 4.01. The molecule has 5 nitrogen and oxygen atoms in total. The van der Waals surface area contributed by atoms with Crippen molar-refractivity contribution in [3.05, 3.63) is 29.2 Å². The van der Waals surface area contributed by atoms with E-state index in [2.05, 4.69) is 10.4 Å². The number of carbonyl (C=O) groups is 2. The Balaban J connectivity index is 2.17. The van der Waals surface area contributed by atoms with Crippen LogP contribution in [0.4, 0.5) is 4.39 Å². The van der Waals surface area contributed by atoms with E-state index in [0.29, 0.717) is 30.5 Å². The van der Waals surface area contributed by atoms with Crippen molar-refractivity contribution in [1.29, 1.82) is 0 Å². The molecule has 3 rings (SSSR count). The highest BCUT2D eigenvalue weighted by atomic mass is 19.1. The van der Waals surface area contributed by atoms with Crippen molar-refractivity contribution < 1.29 is 14.0 Å². The fourth-order valence-corrected chi connectivity index (χ4v) is 3.00. The number of hydrogen-bond acceptors (Lipinski definition) is 3. The lowest BCUT2D eigenvalue weighted by atomic mass is 9.92. The number of rotatable bonds is 2. The molecule has 0 aliphatic carbocycles. The fourth-order valence-electron chi connectivity index (χ4n) is 3.00. The summed E-state index contributed by atoms with van der Waals surface area (Å²) in [6.45, 7) is 1.89. The van der Waals surface area contributed by atoms with Crippen LogP contribution in [0.3, 0.4) is 0 Å². The summed E-state index contributed by atoms with van der Waals surface area (Å²) in [6, 6.07) is 3.08. The predicted octanol–water partition coefficient (Wildman–Crippen LogP) is 1.79. The van der Waals surface area contributed by atoms with E-state index in [0.717, 1.165) is 10.9 Å². The van der Waals surface area contributed by atoms with Gasteiger partial charge in [-0.15, -0.1) is 0 Å². The molecule has 0 bridgehead atoms. The van der Waals surface area contributed by atoms with E-state index in [9.17, 15) is 14.0 Å². The number of hydrogen-bond donors (Lipinski definition) is 1. The molecule has 1 aliphatic heterocycles. The first-order chi connectivity index (χ1) is 10.0. The summed E-state index contributed by atoms with van der Waals surface area (Å²) in [5.41, 5.74) is 1.94. The SMILES string of the molecule is CCc1c(F)ccc2c(C3CCC(=O)NC3=O)nn(C)c12. The second kappa shape index (κ2) is 4.95. The number of aryl methyl sites for hydroxylation is 2. The van der Waals surface area contributed by atoms with Gasteiger partial charge in [0, 0.05) is 24.4 Å². The molecule has 1 saturated heterocycles. The van der Waals surface area contributed by atoms with Crippen LogP contribution >= 0.6 is 0 Å². The number of nitrogens with one attached hydrogen (secondary N) is 1. The minimum absolute atomic E-state index is 0.253. The Morgan fingerprint density at radius 3 is 2.86 bits per heavy atom. The largest absolute Gasteiger partial charge is 0.296 e. The maximum Gasteiger partial charge on any atom is 0.235 e. The van der Waals surface area contributed by atoms with E-state index in [1.807, 2.05) is 6.92 Å². The number of benzene rings is 1. The second-order valence-corrected chi connectivity index (χ2v) is 5.29. The molecule has 0 radical (unpaired) electrons. The van der Waals surface area contributed by atoms with Crippen LogP contribution in [0.5, 0.6) is 0 Å². The molecule has 1 N–H and O–H groups in total. The maximum absolute atomic E-state index is 13.9. The Bertz CT molecular complexity index is 751. The molecule has 6 heteroatoms. The lowest BCUT2D eigenvalue weighted by Crippen LogP contribution is -2.39. The van der Waals surface area contributed by atoms with Gasteiger partial charge in [0.05, 0.1) is 17.1 Å². The molecule has 1 atom stereocenters. The molecule has 110 valence electrons. The van der Waals surface area contributed by atoms with Gasteiger partial charge in [0.1, 0.15) is 5.82 Å². The van der Waals surface area contributed by atoms with Crippen LogP contribution in [-0.4, -0.2) is 21.6 Å². The zero-order chi connectivity index (χ0) is 15.1. The summed E-state index contributed by atoms with van der Waals surface area (Å²) in [6.07, 6.45) is 1.30. The van der Waals surface area contributed by atoms with Crippen molar-refractivity contribution in [2.75, 3.05) is 0 Å². The third-order valence-electron chi connectivity index (χ3n) is 4.01. The first-order valence-corrected chi connectivity index (χ1v) is 7.00. The van der Waals surface area contributed by atoms with Gasteiger partial charge in [-0.3, -0.25) is 19.6 Å². The van der Waals surface area contributed by atoms with E-state index >= 15 is 0 Å². The van der Waals surface area contributed by atoms with Gasteiger partial charge in [0.15, 0.2) is 0 Å². The second-order valence-electron chi connectivity index (χ2n) is 5.29. The normalized spacial score (nSPS) is 19.1. The van der Waals surface area contributed by atoms with Gasteiger partial charge in [-0.05, 0) is 25.0 Å². The molecule has 1 aromatic carbocycles. The van der Waals surface area contributed by atoms with Crippen molar-refractivity contribution in [2.45, 2.75) is 32.1 Å². The van der Waals surface area contributed by atoms with E-state index < -0.39 is 5.92 Å². The summed E-state index contributed by atoms with van der Waals surface area (Å²) in [7, 11) is 1.75. The van der Waals surface area contributed by atoms with E-state index in [1.54, 1.807) is 17.8 Å². The molecule has 1 aliphatic rings. The van der Waals surface area contributed by atoms with Gasteiger partial charge in [0.25, 0.3) is 0 Å². The van der Waals surface area contributed by atoms with Gasteiger partial charge < -0.3 is 0 Å². The predicted molar refractivity (Wildman–Crippen MR) is 75.2 cm³/mol. The summed E-state index contributed by atoms with van der Waals surface area (Å²) in [5, 5.41) is 7.54. The number of carbonyl (C=O) groups excluding carboxylic acids is 2. The van der Waals surface area contributed by atoms with Crippen LogP contribution in [0, 0.1) is 5.82 Å². The topological polar surface area (TPSA) is 64.0 Å². The third kappa shape index (κ3) is 2.11. The van der Waals surface area contributed by atoms with Crippen LogP contribution in [0.1, 0.15) is 36.9 Å². The number of imide groups is 1. The van der Waals surface area contributed by atoms with Crippen LogP contribution in [0.2, 0.25) is 0 Å². The van der Waals surface area contributed by atoms with E-state index in [4.69, 9.17) is 0 Å². The quantitative estimate of drug-likeness (QED) is 0.857. The average Bonchev–Trinajstić information content (AvgIpc) is 2.76. The van der Waals surface area contributed by atoms with Gasteiger partial charge >= 0.3 is 0 Å². The molecule has 1 aromatic heterocycles. The molecule has 2 aromatic rings. The van der Waals surface area contributed by atoms with Crippen molar-refractivity contribution in [3.8, 4) is 0 Å². The monoisotopic (exact) mass is 289 g/mol. The van der Waals surface area contributed by atoms with Crippen molar-refractivity contribution in [3.63, 3.8) is 0 Å². The highest BCUT2D eigenvalue weighted by Gasteiger charge is 2.32. The molecule has 1 unspecified atom stereocenters. The van der Waals surface area contributed by atoms with Crippen molar-refractivity contribution in [1.82, 2.24) is 15.1 Å². The smallest absolute Gasteiger partial charge is 0.235 e. The molecular formula is C15H16FN3O2. The summed E-state index contributed by atoms with van der Waals surface area (Å²) in [4.78, 5) is 23.3. The molecule has 2 heterocycles. The summed E-state index contributed by atoms with van der Waals surface area (Å²) >= 11 is 0. The lowest BCUT2D eigenvalue weighted by Gasteiger charge is -2.19. The Morgan fingerprint density at radius 2 is 2.19 bits per heavy atom. The standard InChI is InChI=1S/C15H16FN3O2/c1-3-8-11(16)6-4-9-13(18-19(2)14(8)9)10-5-7-12(20)17-15(10)21/h4,6,10H,3,5,7H2,1-2H3,(H,17,20,21). The fraction of sp³-hybridized carbons (Fsp3) is 0.400. The van der Waals surface area contributed by atoms with Gasteiger partial charge in [-0.25, -0.2) is 4.39 Å². The highest BCUT2D eigenvalue weighted by Crippen LogP contribution is 2.32. The number of halogens is 1. The Hall–Kier alpha value is -2.24. The van der Waals surface area contributed by atoms with E-state index in [1.165, 1.54) is 6.07 Å². The number of aromatic nitrogens is 2. The summed E-state index contributed by atoms with van der Waals surface area (Å²) in [5.74, 6) is -1.30. The number of piperidine rings is 1. The molecular weight excluding hydrogens is 273 g/mol. The van der Waals surface area contributed by atoms with E-state index in [-0.39, 0.29) is 17.6 Å². The average molecular weight is 289 g/mol. The Labute approximate surface area is 121 Å². The van der Waals surface area contributed by atoms with Gasteiger partial charge in [-0.2, -0.15) is 5.10 Å². The molecule has 2 amide bonds. The van der Waals surface area contributed by atoms with Gasteiger partial charge in [0.2, 0.25) is 11.8 Å².